The van der Waals surface area contributed by atoms with Gasteiger partial charge in [0, 0.05) is 11.6 Å². The third kappa shape index (κ3) is 3.93. The van der Waals surface area contributed by atoms with Gasteiger partial charge in [0.25, 0.3) is 0 Å². The largest absolute Gasteiger partial charge is 0.442 e. The molecule has 0 radical (unpaired) electrons. The number of aliphatic hydroxyl groups is 1. The van der Waals surface area contributed by atoms with Crippen molar-refractivity contribution in [2.75, 3.05) is 0 Å². The summed E-state index contributed by atoms with van der Waals surface area (Å²) in [7, 11) is 0. The molecule has 1 aliphatic carbocycles. The maximum Gasteiger partial charge on any atom is 0.350 e. The van der Waals surface area contributed by atoms with Gasteiger partial charge in [-0.2, -0.15) is 9.78 Å². The fourth-order valence-electron chi connectivity index (χ4n) is 3.29. The van der Waals surface area contributed by atoms with Crippen molar-refractivity contribution >= 4 is 11.3 Å². The van der Waals surface area contributed by atoms with Gasteiger partial charge in [-0.1, -0.05) is 17.4 Å². The molecule has 1 aliphatic rings. The first-order valence-electron chi connectivity index (χ1n) is 10.0. The van der Waals surface area contributed by atoms with Crippen LogP contribution in [0.4, 0.5) is 13.2 Å². The highest BCUT2D eigenvalue weighted by Gasteiger charge is 2.45. The van der Waals surface area contributed by atoms with Crippen LogP contribution in [0, 0.1) is 24.4 Å². The number of thiazole rings is 1. The van der Waals surface area contributed by atoms with Crippen LogP contribution in [0.15, 0.2) is 47.5 Å². The fraction of sp³-hybridized carbons (Fsp3) is 0.227. The summed E-state index contributed by atoms with van der Waals surface area (Å²) >= 11 is 1.16. The molecule has 1 saturated carbocycles. The summed E-state index contributed by atoms with van der Waals surface area (Å²) in [5.74, 6) is -2.38. The number of rotatable bonds is 6. The number of ether oxygens (including phenoxy) is 1. The number of aromatic nitrogens is 4. The minimum atomic E-state index is -0.912. The van der Waals surface area contributed by atoms with Crippen molar-refractivity contribution in [1.82, 2.24) is 19.3 Å². The van der Waals surface area contributed by atoms with E-state index in [1.807, 2.05) is 0 Å². The van der Waals surface area contributed by atoms with E-state index < -0.39 is 28.7 Å². The number of hydrogen-bond donors (Lipinski definition) is 1. The highest BCUT2D eigenvalue weighted by Crippen LogP contribution is 2.49. The molecule has 1 fully saturated rings. The van der Waals surface area contributed by atoms with Crippen molar-refractivity contribution in [3.8, 4) is 16.5 Å². The van der Waals surface area contributed by atoms with Crippen LogP contribution in [0.1, 0.15) is 29.1 Å². The number of aryl methyl sites for hydroxylation is 1. The lowest BCUT2D eigenvalue weighted by molar-refractivity contribution is 0.151. The molecule has 0 spiro atoms. The average Bonchev–Trinajstić information content (AvgIpc) is 3.26. The Morgan fingerprint density at radius 3 is 2.55 bits per heavy atom. The molecule has 2 aromatic heterocycles. The molecule has 0 unspecified atom stereocenters. The molecular formula is C22H17F3N4O3S. The van der Waals surface area contributed by atoms with Gasteiger partial charge in [0.2, 0.25) is 5.06 Å². The van der Waals surface area contributed by atoms with Crippen LogP contribution in [0.2, 0.25) is 0 Å². The lowest BCUT2D eigenvalue weighted by Gasteiger charge is -2.07. The van der Waals surface area contributed by atoms with Crippen LogP contribution in [-0.2, 0) is 12.1 Å². The standard InChI is InChI=1S/C22H17F3N4O3S/c1-12-19(33-20(27-12)22(31)7-8-22)32-18-6-5-13(9-17(18)25)29-21(30)28(11-26-29)10-14-15(23)3-2-4-16(14)24/h2-6,9,11,31H,7-8,10H2,1H3. The van der Waals surface area contributed by atoms with E-state index in [9.17, 15) is 23.1 Å². The van der Waals surface area contributed by atoms with Crippen molar-refractivity contribution in [2.45, 2.75) is 31.9 Å². The van der Waals surface area contributed by atoms with Gasteiger partial charge in [-0.25, -0.2) is 22.9 Å². The quantitative estimate of drug-likeness (QED) is 0.456. The molecule has 0 amide bonds. The van der Waals surface area contributed by atoms with Crippen LogP contribution in [0.5, 0.6) is 10.8 Å². The Kier molecular flexibility index (Phi) is 5.09. The van der Waals surface area contributed by atoms with E-state index in [-0.39, 0.29) is 23.5 Å². The van der Waals surface area contributed by atoms with E-state index in [4.69, 9.17) is 4.74 Å². The first-order chi connectivity index (χ1) is 15.7. The minimum absolute atomic E-state index is 0.0826. The highest BCUT2D eigenvalue weighted by molar-refractivity contribution is 7.13. The van der Waals surface area contributed by atoms with Crippen LogP contribution < -0.4 is 10.4 Å². The number of hydrogen-bond acceptors (Lipinski definition) is 6. The summed E-state index contributed by atoms with van der Waals surface area (Å²) in [6.07, 6.45) is 2.39. The zero-order chi connectivity index (χ0) is 23.3. The molecule has 11 heteroatoms. The monoisotopic (exact) mass is 474 g/mol. The molecule has 5 rings (SSSR count). The van der Waals surface area contributed by atoms with Gasteiger partial charge in [0.1, 0.15) is 28.6 Å². The molecule has 1 N–H and O–H groups in total. The first kappa shape index (κ1) is 21.4. The van der Waals surface area contributed by atoms with Crippen molar-refractivity contribution in [2.24, 2.45) is 0 Å². The van der Waals surface area contributed by atoms with E-state index in [0.29, 0.717) is 28.6 Å². The molecule has 170 valence electrons. The summed E-state index contributed by atoms with van der Waals surface area (Å²) in [4.78, 5) is 17.0. The Morgan fingerprint density at radius 2 is 1.88 bits per heavy atom. The Morgan fingerprint density at radius 1 is 1.15 bits per heavy atom. The van der Waals surface area contributed by atoms with E-state index in [1.165, 1.54) is 18.2 Å². The van der Waals surface area contributed by atoms with Gasteiger partial charge < -0.3 is 9.84 Å². The van der Waals surface area contributed by atoms with Crippen molar-refractivity contribution in [3.05, 3.63) is 86.9 Å². The van der Waals surface area contributed by atoms with Crippen molar-refractivity contribution in [3.63, 3.8) is 0 Å². The Hall–Kier alpha value is -3.44. The van der Waals surface area contributed by atoms with E-state index >= 15 is 0 Å². The van der Waals surface area contributed by atoms with Crippen LogP contribution >= 0.6 is 11.3 Å². The predicted molar refractivity (Wildman–Crippen MR) is 113 cm³/mol. The highest BCUT2D eigenvalue weighted by atomic mass is 32.1. The molecule has 0 bridgehead atoms. The molecule has 0 aliphatic heterocycles. The zero-order valence-electron chi connectivity index (χ0n) is 17.3. The number of halogens is 3. The molecule has 0 atom stereocenters. The third-order valence-electron chi connectivity index (χ3n) is 5.36. The zero-order valence-corrected chi connectivity index (χ0v) is 18.1. The molecular weight excluding hydrogens is 457 g/mol. The second-order valence-electron chi connectivity index (χ2n) is 7.79. The summed E-state index contributed by atoms with van der Waals surface area (Å²) < 4.78 is 50.2. The van der Waals surface area contributed by atoms with Gasteiger partial charge in [0.05, 0.1) is 17.9 Å². The Labute approximate surface area is 189 Å². The molecule has 2 heterocycles. The summed E-state index contributed by atoms with van der Waals surface area (Å²) in [5, 5.41) is 15.0. The van der Waals surface area contributed by atoms with Gasteiger partial charge in [0.15, 0.2) is 11.6 Å². The van der Waals surface area contributed by atoms with E-state index in [2.05, 4.69) is 10.1 Å². The minimum Gasteiger partial charge on any atom is -0.442 e. The molecule has 33 heavy (non-hydrogen) atoms. The first-order valence-corrected chi connectivity index (χ1v) is 10.8. The SMILES string of the molecule is Cc1nc(C2(O)CC2)sc1Oc1ccc(-n2ncn(Cc3c(F)cccc3F)c2=O)cc1F. The summed E-state index contributed by atoms with van der Waals surface area (Å²) in [5.41, 5.74) is -1.22. The lowest BCUT2D eigenvalue weighted by Crippen LogP contribution is -2.24. The smallest absolute Gasteiger partial charge is 0.350 e. The topological polar surface area (TPSA) is 82.2 Å². The fourth-order valence-corrected chi connectivity index (χ4v) is 4.36. The van der Waals surface area contributed by atoms with Crippen LogP contribution in [0.25, 0.3) is 5.69 Å². The average molecular weight is 474 g/mol. The van der Waals surface area contributed by atoms with Gasteiger partial charge in [-0.05, 0) is 44.0 Å². The maximum atomic E-state index is 14.8. The van der Waals surface area contributed by atoms with Crippen LogP contribution in [0.3, 0.4) is 0 Å². The normalized spacial score (nSPS) is 14.5. The number of nitrogens with zero attached hydrogens (tertiary/aromatic N) is 4. The Bertz CT molecular complexity index is 1400. The second kappa shape index (κ2) is 7.85. The molecule has 0 saturated heterocycles. The second-order valence-corrected chi connectivity index (χ2v) is 8.76. The summed E-state index contributed by atoms with van der Waals surface area (Å²) in [6, 6.07) is 7.28. The number of benzene rings is 2. The van der Waals surface area contributed by atoms with Gasteiger partial charge in [-0.3, -0.25) is 4.57 Å². The van der Waals surface area contributed by atoms with E-state index in [1.54, 1.807) is 6.92 Å². The molecule has 4 aromatic rings. The molecule has 2 aromatic carbocycles. The Balaban J connectivity index is 1.39. The third-order valence-corrected chi connectivity index (χ3v) is 6.59. The maximum absolute atomic E-state index is 14.8. The van der Waals surface area contributed by atoms with Crippen molar-refractivity contribution in [1.29, 1.82) is 0 Å². The van der Waals surface area contributed by atoms with Crippen molar-refractivity contribution < 1.29 is 23.0 Å². The van der Waals surface area contributed by atoms with Gasteiger partial charge in [-0.15, -0.1) is 0 Å². The lowest BCUT2D eigenvalue weighted by atomic mass is 10.2. The van der Waals surface area contributed by atoms with E-state index in [0.717, 1.165) is 45.1 Å². The molecule has 7 nitrogen and oxygen atoms in total. The van der Waals surface area contributed by atoms with Crippen LogP contribution in [-0.4, -0.2) is 24.4 Å². The summed E-state index contributed by atoms with van der Waals surface area (Å²) in [6.45, 7) is 1.35. The van der Waals surface area contributed by atoms with Gasteiger partial charge >= 0.3 is 5.69 Å². The predicted octanol–water partition coefficient (Wildman–Crippen LogP) is 4.04.